The van der Waals surface area contributed by atoms with Crippen molar-refractivity contribution in [2.45, 2.75) is 18.6 Å². The number of nitrogens with zero attached hydrogens (tertiary/aromatic N) is 1. The van der Waals surface area contributed by atoms with Gasteiger partial charge in [0.25, 0.3) is 0 Å². The van der Waals surface area contributed by atoms with E-state index in [4.69, 9.17) is 14.6 Å². The molecule has 1 N–H and O–H groups in total. The summed E-state index contributed by atoms with van der Waals surface area (Å²) in [5.41, 5.74) is 0. The van der Waals surface area contributed by atoms with Crippen molar-refractivity contribution in [2.75, 3.05) is 20.3 Å². The Balaban J connectivity index is 2.64. The number of hydrogen-bond donors (Lipinski definition) is 1. The van der Waals surface area contributed by atoms with Crippen molar-refractivity contribution in [2.24, 2.45) is 0 Å². The van der Waals surface area contributed by atoms with E-state index in [0.717, 1.165) is 0 Å². The summed E-state index contributed by atoms with van der Waals surface area (Å²) < 4.78 is 9.84. The zero-order chi connectivity index (χ0) is 12.1. The molecule has 0 aromatic carbocycles. The van der Waals surface area contributed by atoms with Crippen LogP contribution in [-0.2, 0) is 14.3 Å². The maximum atomic E-state index is 11.5. The van der Waals surface area contributed by atoms with Crippen LogP contribution in [0.2, 0.25) is 0 Å². The monoisotopic (exact) mass is 229 g/mol. The lowest BCUT2D eigenvalue weighted by Crippen LogP contribution is -2.40. The van der Waals surface area contributed by atoms with Crippen molar-refractivity contribution in [3.8, 4) is 0 Å². The number of amides is 1. The molecule has 2 unspecified atom stereocenters. The van der Waals surface area contributed by atoms with Crippen molar-refractivity contribution in [3.63, 3.8) is 0 Å². The van der Waals surface area contributed by atoms with Gasteiger partial charge >= 0.3 is 12.1 Å². The minimum atomic E-state index is -1.05. The third-order valence-electron chi connectivity index (χ3n) is 2.44. The molecule has 0 aromatic heterocycles. The Morgan fingerprint density at radius 2 is 2.31 bits per heavy atom. The smallest absolute Gasteiger partial charge is 0.410 e. The van der Waals surface area contributed by atoms with Crippen molar-refractivity contribution in [1.29, 1.82) is 0 Å². The third kappa shape index (κ3) is 2.73. The molecule has 1 amide bonds. The molecule has 16 heavy (non-hydrogen) atoms. The molecule has 0 aromatic rings. The first-order valence-corrected chi connectivity index (χ1v) is 4.90. The molecule has 1 heterocycles. The van der Waals surface area contributed by atoms with E-state index >= 15 is 0 Å². The predicted octanol–water partition coefficient (Wildman–Crippen LogP) is 0.483. The SMILES string of the molecule is C=CCOC(=O)N1CC(OC)CC1C(=O)O. The Bertz CT molecular complexity index is 291. The summed E-state index contributed by atoms with van der Waals surface area (Å²) in [6.07, 6.45) is 0.816. The highest BCUT2D eigenvalue weighted by molar-refractivity contribution is 5.80. The molecule has 1 saturated heterocycles. The van der Waals surface area contributed by atoms with Gasteiger partial charge in [-0.1, -0.05) is 12.7 Å². The van der Waals surface area contributed by atoms with Crippen molar-refractivity contribution in [1.82, 2.24) is 4.90 Å². The Kier molecular flexibility index (Phi) is 4.30. The molecule has 0 spiro atoms. The average Bonchev–Trinajstić information content (AvgIpc) is 2.70. The van der Waals surface area contributed by atoms with E-state index in [1.807, 2.05) is 0 Å². The number of rotatable bonds is 4. The molecule has 1 rings (SSSR count). The van der Waals surface area contributed by atoms with E-state index in [-0.39, 0.29) is 25.7 Å². The van der Waals surface area contributed by atoms with Crippen LogP contribution in [0.4, 0.5) is 4.79 Å². The molecule has 1 aliphatic heterocycles. The molecule has 6 heteroatoms. The van der Waals surface area contributed by atoms with Gasteiger partial charge in [-0.15, -0.1) is 0 Å². The van der Waals surface area contributed by atoms with Gasteiger partial charge in [0.15, 0.2) is 0 Å². The number of hydrogen-bond acceptors (Lipinski definition) is 4. The fraction of sp³-hybridized carbons (Fsp3) is 0.600. The number of likely N-dealkylation sites (tertiary alicyclic amines) is 1. The number of aliphatic carboxylic acids is 1. The fourth-order valence-electron chi connectivity index (χ4n) is 1.62. The van der Waals surface area contributed by atoms with E-state index < -0.39 is 18.1 Å². The zero-order valence-electron chi connectivity index (χ0n) is 9.09. The van der Waals surface area contributed by atoms with Gasteiger partial charge in [-0.05, 0) is 0 Å². The topological polar surface area (TPSA) is 76.1 Å². The lowest BCUT2D eigenvalue weighted by atomic mass is 10.2. The molecule has 6 nitrogen and oxygen atoms in total. The number of carboxylic acid groups (broad SMARTS) is 1. The lowest BCUT2D eigenvalue weighted by Gasteiger charge is -2.19. The van der Waals surface area contributed by atoms with Gasteiger partial charge in [-0.25, -0.2) is 9.59 Å². The first-order valence-electron chi connectivity index (χ1n) is 4.90. The maximum Gasteiger partial charge on any atom is 0.410 e. The van der Waals surface area contributed by atoms with Crippen LogP contribution in [0.5, 0.6) is 0 Å². The Labute approximate surface area is 93.4 Å². The molecule has 0 bridgehead atoms. The molecular weight excluding hydrogens is 214 g/mol. The molecule has 90 valence electrons. The van der Waals surface area contributed by atoms with Gasteiger partial charge in [0.2, 0.25) is 0 Å². The van der Waals surface area contributed by atoms with Crippen LogP contribution in [0.25, 0.3) is 0 Å². The Morgan fingerprint density at radius 1 is 1.62 bits per heavy atom. The Hall–Kier alpha value is -1.56. The molecule has 1 fully saturated rings. The van der Waals surface area contributed by atoms with E-state index in [1.165, 1.54) is 18.1 Å². The van der Waals surface area contributed by atoms with Crippen LogP contribution in [0, 0.1) is 0 Å². The zero-order valence-corrected chi connectivity index (χ0v) is 9.09. The fourth-order valence-corrected chi connectivity index (χ4v) is 1.62. The second-order valence-electron chi connectivity index (χ2n) is 3.47. The highest BCUT2D eigenvalue weighted by atomic mass is 16.6. The Morgan fingerprint density at radius 3 is 2.81 bits per heavy atom. The van der Waals surface area contributed by atoms with Gasteiger partial charge in [-0.2, -0.15) is 0 Å². The summed E-state index contributed by atoms with van der Waals surface area (Å²) in [5, 5.41) is 8.95. The van der Waals surface area contributed by atoms with Crippen LogP contribution in [-0.4, -0.2) is 54.5 Å². The summed E-state index contributed by atoms with van der Waals surface area (Å²) in [5.74, 6) is -1.05. The summed E-state index contributed by atoms with van der Waals surface area (Å²) >= 11 is 0. The molecular formula is C10H15NO5. The number of methoxy groups -OCH3 is 1. The number of carbonyl (C=O) groups is 2. The minimum absolute atomic E-state index is 0.0688. The average molecular weight is 229 g/mol. The first kappa shape index (κ1) is 12.5. The van der Waals surface area contributed by atoms with Crippen LogP contribution in [0.1, 0.15) is 6.42 Å². The van der Waals surface area contributed by atoms with E-state index in [0.29, 0.717) is 0 Å². The largest absolute Gasteiger partial charge is 0.480 e. The highest BCUT2D eigenvalue weighted by Gasteiger charge is 2.40. The van der Waals surface area contributed by atoms with Gasteiger partial charge in [0, 0.05) is 13.5 Å². The molecule has 1 aliphatic rings. The number of carboxylic acids is 1. The normalized spacial score (nSPS) is 24.2. The second-order valence-corrected chi connectivity index (χ2v) is 3.47. The van der Waals surface area contributed by atoms with Gasteiger partial charge < -0.3 is 14.6 Å². The number of ether oxygens (including phenoxy) is 2. The van der Waals surface area contributed by atoms with E-state index in [2.05, 4.69) is 6.58 Å². The van der Waals surface area contributed by atoms with Crippen LogP contribution in [0.15, 0.2) is 12.7 Å². The first-order chi connectivity index (χ1) is 7.60. The van der Waals surface area contributed by atoms with Gasteiger partial charge in [0.05, 0.1) is 12.6 Å². The molecule has 0 radical (unpaired) electrons. The van der Waals surface area contributed by atoms with Crippen LogP contribution in [0.3, 0.4) is 0 Å². The van der Waals surface area contributed by atoms with Crippen molar-refractivity contribution in [3.05, 3.63) is 12.7 Å². The summed E-state index contributed by atoms with van der Waals surface area (Å²) in [6.45, 7) is 3.72. The minimum Gasteiger partial charge on any atom is -0.480 e. The maximum absolute atomic E-state index is 11.5. The predicted molar refractivity (Wildman–Crippen MR) is 55.1 cm³/mol. The van der Waals surface area contributed by atoms with E-state index in [1.54, 1.807) is 0 Å². The van der Waals surface area contributed by atoms with E-state index in [9.17, 15) is 9.59 Å². The third-order valence-corrected chi connectivity index (χ3v) is 2.44. The quantitative estimate of drug-likeness (QED) is 0.710. The summed E-state index contributed by atoms with van der Waals surface area (Å²) in [4.78, 5) is 23.6. The van der Waals surface area contributed by atoms with Crippen LogP contribution < -0.4 is 0 Å². The highest BCUT2D eigenvalue weighted by Crippen LogP contribution is 2.21. The van der Waals surface area contributed by atoms with Crippen molar-refractivity contribution >= 4 is 12.1 Å². The van der Waals surface area contributed by atoms with Gasteiger partial charge in [0.1, 0.15) is 12.6 Å². The summed E-state index contributed by atoms with van der Waals surface area (Å²) in [6, 6.07) is -0.873. The second kappa shape index (κ2) is 5.50. The standard InChI is InChI=1S/C10H15NO5/c1-3-4-16-10(14)11-6-7(15-2)5-8(11)9(12)13/h3,7-8H,1,4-6H2,2H3,(H,12,13). The lowest BCUT2D eigenvalue weighted by molar-refractivity contribution is -0.141. The molecule has 0 saturated carbocycles. The van der Waals surface area contributed by atoms with Crippen LogP contribution >= 0.6 is 0 Å². The molecule has 2 atom stereocenters. The van der Waals surface area contributed by atoms with Crippen molar-refractivity contribution < 1.29 is 24.2 Å². The van der Waals surface area contributed by atoms with Gasteiger partial charge in [-0.3, -0.25) is 4.90 Å². The number of carbonyl (C=O) groups excluding carboxylic acids is 1. The summed E-state index contributed by atoms with van der Waals surface area (Å²) in [7, 11) is 1.49. The molecule has 0 aliphatic carbocycles.